The van der Waals surface area contributed by atoms with Gasteiger partial charge in [-0.25, -0.2) is 4.68 Å². The minimum atomic E-state index is -0.0292. The molecular formula is C10H18IN5O. The minimum absolute atomic E-state index is 0.0292. The number of nitrogens with zero attached hydrogens (tertiary/aromatic N) is 4. The first kappa shape index (κ1) is 14.4. The van der Waals surface area contributed by atoms with Crippen LogP contribution in [0.2, 0.25) is 0 Å². The first-order valence-corrected chi connectivity index (χ1v) is 6.78. The van der Waals surface area contributed by atoms with Crippen molar-refractivity contribution in [3.63, 3.8) is 0 Å². The molecule has 0 aliphatic carbocycles. The Morgan fingerprint density at radius 3 is 2.76 bits per heavy atom. The van der Waals surface area contributed by atoms with Crippen molar-refractivity contribution in [2.24, 2.45) is 0 Å². The summed E-state index contributed by atoms with van der Waals surface area (Å²) in [5.41, 5.74) is 0. The number of aromatic nitrogens is 3. The Hall–Kier alpha value is -0.700. The van der Waals surface area contributed by atoms with Crippen LogP contribution < -0.4 is 5.32 Å². The highest BCUT2D eigenvalue weighted by Gasteiger charge is 2.05. The summed E-state index contributed by atoms with van der Waals surface area (Å²) in [6, 6.07) is 0. The van der Waals surface area contributed by atoms with Crippen LogP contribution in [-0.2, 0) is 11.3 Å². The van der Waals surface area contributed by atoms with Crippen molar-refractivity contribution < 1.29 is 4.79 Å². The van der Waals surface area contributed by atoms with E-state index in [2.05, 4.69) is 57.0 Å². The summed E-state index contributed by atoms with van der Waals surface area (Å²) in [7, 11) is 0. The number of amides is 1. The zero-order chi connectivity index (χ0) is 12.7. The lowest BCUT2D eigenvalue weighted by Crippen LogP contribution is -2.36. The van der Waals surface area contributed by atoms with Crippen molar-refractivity contribution in [2.75, 3.05) is 26.2 Å². The lowest BCUT2D eigenvalue weighted by molar-refractivity contribution is -0.121. The number of carbonyl (C=O) groups is 1. The first-order chi connectivity index (χ1) is 8.15. The molecule has 7 heteroatoms. The third kappa shape index (κ3) is 5.44. The minimum Gasteiger partial charge on any atom is -0.353 e. The topological polar surface area (TPSA) is 63.1 Å². The summed E-state index contributed by atoms with van der Waals surface area (Å²) >= 11 is 2.06. The van der Waals surface area contributed by atoms with Crippen LogP contribution in [0, 0.1) is 3.70 Å². The second-order valence-corrected chi connectivity index (χ2v) is 4.72. The van der Waals surface area contributed by atoms with Crippen LogP contribution in [0.25, 0.3) is 0 Å². The van der Waals surface area contributed by atoms with Crippen LogP contribution in [0.3, 0.4) is 0 Å². The Morgan fingerprint density at radius 2 is 2.24 bits per heavy atom. The van der Waals surface area contributed by atoms with Crippen molar-refractivity contribution >= 4 is 28.5 Å². The molecule has 0 aliphatic heterocycles. The van der Waals surface area contributed by atoms with Crippen LogP contribution in [0.1, 0.15) is 13.8 Å². The van der Waals surface area contributed by atoms with E-state index in [9.17, 15) is 4.79 Å². The van der Waals surface area contributed by atoms with Crippen molar-refractivity contribution in [2.45, 2.75) is 20.4 Å². The Balaban J connectivity index is 2.21. The maximum absolute atomic E-state index is 11.6. The van der Waals surface area contributed by atoms with Gasteiger partial charge in [0.2, 0.25) is 5.91 Å². The Bertz CT molecular complexity index is 350. The normalized spacial score (nSPS) is 10.8. The van der Waals surface area contributed by atoms with Gasteiger partial charge in [0.1, 0.15) is 10.2 Å². The maximum atomic E-state index is 11.6. The van der Waals surface area contributed by atoms with Gasteiger partial charge >= 0.3 is 0 Å². The van der Waals surface area contributed by atoms with E-state index in [0.29, 0.717) is 6.54 Å². The van der Waals surface area contributed by atoms with E-state index in [1.54, 1.807) is 6.20 Å². The Kier molecular flexibility index (Phi) is 6.41. The van der Waals surface area contributed by atoms with Gasteiger partial charge < -0.3 is 10.2 Å². The molecule has 0 spiro atoms. The number of hydrogen-bond acceptors (Lipinski definition) is 4. The summed E-state index contributed by atoms with van der Waals surface area (Å²) in [5.74, 6) is -0.0292. The largest absolute Gasteiger partial charge is 0.353 e. The zero-order valence-electron chi connectivity index (χ0n) is 10.2. The lowest BCUT2D eigenvalue weighted by atomic mass is 10.4. The molecule has 1 heterocycles. The number of carbonyl (C=O) groups excluding carboxylic acids is 1. The van der Waals surface area contributed by atoms with Gasteiger partial charge in [-0.2, -0.15) is 0 Å². The molecule has 0 aromatic carbocycles. The molecule has 1 rings (SSSR count). The fourth-order valence-electron chi connectivity index (χ4n) is 1.45. The second-order valence-electron chi connectivity index (χ2n) is 3.62. The zero-order valence-corrected chi connectivity index (χ0v) is 12.3. The average Bonchev–Trinajstić information content (AvgIpc) is 2.70. The van der Waals surface area contributed by atoms with Crippen LogP contribution in [0.5, 0.6) is 0 Å². The Morgan fingerprint density at radius 1 is 1.53 bits per heavy atom. The van der Waals surface area contributed by atoms with Gasteiger partial charge in [0.15, 0.2) is 0 Å². The summed E-state index contributed by atoms with van der Waals surface area (Å²) in [6.45, 7) is 8.03. The van der Waals surface area contributed by atoms with Gasteiger partial charge in [-0.05, 0) is 35.7 Å². The molecule has 0 atom stereocenters. The van der Waals surface area contributed by atoms with Crippen LogP contribution >= 0.6 is 22.6 Å². The highest BCUT2D eigenvalue weighted by Crippen LogP contribution is 1.96. The molecule has 96 valence electrons. The van der Waals surface area contributed by atoms with E-state index in [-0.39, 0.29) is 12.5 Å². The smallest absolute Gasteiger partial charge is 0.241 e. The van der Waals surface area contributed by atoms with Gasteiger partial charge in [-0.3, -0.25) is 4.79 Å². The monoisotopic (exact) mass is 351 g/mol. The van der Waals surface area contributed by atoms with Crippen LogP contribution in [-0.4, -0.2) is 52.0 Å². The third-order valence-electron chi connectivity index (χ3n) is 2.46. The van der Waals surface area contributed by atoms with Crippen molar-refractivity contribution in [3.05, 3.63) is 9.90 Å². The van der Waals surface area contributed by atoms with Gasteiger partial charge in [0.05, 0.1) is 6.20 Å². The Labute approximate surface area is 115 Å². The molecule has 0 radical (unpaired) electrons. The predicted molar refractivity (Wildman–Crippen MR) is 73.5 cm³/mol. The standard InChI is InChI=1S/C10H18IN5O/c1-3-15(4-2)6-5-12-10(17)8-16-7-9(11)13-14-16/h7H,3-6,8H2,1-2H3,(H,12,17). The SMILES string of the molecule is CCN(CC)CCNC(=O)Cn1cc(I)nn1. The van der Waals surface area contributed by atoms with E-state index in [1.807, 2.05) is 0 Å². The second kappa shape index (κ2) is 7.59. The van der Waals surface area contributed by atoms with E-state index in [4.69, 9.17) is 0 Å². The van der Waals surface area contributed by atoms with Crippen molar-refractivity contribution in [1.82, 2.24) is 25.2 Å². The van der Waals surface area contributed by atoms with Crippen LogP contribution in [0.4, 0.5) is 0 Å². The van der Waals surface area contributed by atoms with Crippen molar-refractivity contribution in [3.8, 4) is 0 Å². The summed E-state index contributed by atoms with van der Waals surface area (Å²) < 4.78 is 2.33. The van der Waals surface area contributed by atoms with E-state index in [0.717, 1.165) is 23.3 Å². The molecule has 0 fully saturated rings. The van der Waals surface area contributed by atoms with Crippen molar-refractivity contribution in [1.29, 1.82) is 0 Å². The summed E-state index contributed by atoms with van der Waals surface area (Å²) in [4.78, 5) is 13.8. The fraction of sp³-hybridized carbons (Fsp3) is 0.700. The van der Waals surface area contributed by atoms with Gasteiger partial charge in [-0.15, -0.1) is 5.10 Å². The lowest BCUT2D eigenvalue weighted by Gasteiger charge is -2.17. The highest BCUT2D eigenvalue weighted by molar-refractivity contribution is 14.1. The molecule has 0 saturated heterocycles. The first-order valence-electron chi connectivity index (χ1n) is 5.70. The van der Waals surface area contributed by atoms with E-state index in [1.165, 1.54) is 4.68 Å². The number of nitrogens with one attached hydrogen (secondary N) is 1. The van der Waals surface area contributed by atoms with Gasteiger partial charge in [0.25, 0.3) is 0 Å². The molecule has 6 nitrogen and oxygen atoms in total. The molecule has 0 aliphatic rings. The fourth-order valence-corrected chi connectivity index (χ4v) is 1.87. The third-order valence-corrected chi connectivity index (χ3v) is 2.96. The van der Waals surface area contributed by atoms with E-state index >= 15 is 0 Å². The number of rotatable bonds is 7. The molecule has 0 saturated carbocycles. The quantitative estimate of drug-likeness (QED) is 0.720. The molecule has 0 bridgehead atoms. The molecule has 1 N–H and O–H groups in total. The number of halogens is 1. The van der Waals surface area contributed by atoms with Gasteiger partial charge in [0, 0.05) is 13.1 Å². The van der Waals surface area contributed by atoms with E-state index < -0.39 is 0 Å². The molecule has 17 heavy (non-hydrogen) atoms. The predicted octanol–water partition coefficient (Wildman–Crippen LogP) is 0.341. The molecule has 1 aromatic rings. The average molecular weight is 351 g/mol. The summed E-state index contributed by atoms with van der Waals surface area (Å²) in [6.07, 6.45) is 1.74. The highest BCUT2D eigenvalue weighted by atomic mass is 127. The number of hydrogen-bond donors (Lipinski definition) is 1. The van der Waals surface area contributed by atoms with Gasteiger partial charge in [-0.1, -0.05) is 19.1 Å². The molecule has 0 unspecified atom stereocenters. The molecule has 1 amide bonds. The maximum Gasteiger partial charge on any atom is 0.241 e. The summed E-state index contributed by atoms with van der Waals surface area (Å²) in [5, 5.41) is 10.5. The van der Waals surface area contributed by atoms with Crippen LogP contribution in [0.15, 0.2) is 6.20 Å². The molecular weight excluding hydrogens is 333 g/mol. The number of likely N-dealkylation sites (N-methyl/N-ethyl adjacent to an activating group) is 1. The molecule has 1 aromatic heterocycles.